The van der Waals surface area contributed by atoms with E-state index in [0.717, 1.165) is 21.4 Å². The predicted molar refractivity (Wildman–Crippen MR) is 72.4 cm³/mol. The van der Waals surface area contributed by atoms with Gasteiger partial charge in [0, 0.05) is 0 Å². The first-order valence-corrected chi connectivity index (χ1v) is 6.27. The molecule has 0 aliphatic rings. The number of carboxylic acid groups (broad SMARTS) is 1. The minimum Gasteiger partial charge on any atom is -0.478 e. The molecule has 1 N–H and O–H groups in total. The fourth-order valence-corrected chi connectivity index (χ4v) is 2.11. The fraction of sp³-hybridized carbons (Fsp3) is 0.231. The van der Waals surface area contributed by atoms with Crippen molar-refractivity contribution >= 4 is 21.9 Å². The van der Waals surface area contributed by atoms with Gasteiger partial charge < -0.3 is 5.11 Å². The van der Waals surface area contributed by atoms with Crippen LogP contribution in [0.2, 0.25) is 0 Å². The molecule has 0 atom stereocenters. The summed E-state index contributed by atoms with van der Waals surface area (Å²) in [4.78, 5) is 11.3. The van der Waals surface area contributed by atoms with E-state index in [4.69, 9.17) is 0 Å². The molecule has 0 saturated heterocycles. The van der Waals surface area contributed by atoms with Gasteiger partial charge in [-0.1, -0.05) is 11.6 Å². The van der Waals surface area contributed by atoms with E-state index in [1.807, 2.05) is 26.8 Å². The molecule has 0 aliphatic carbocycles. The van der Waals surface area contributed by atoms with Crippen LogP contribution in [-0.2, 0) is 0 Å². The molecule has 0 saturated carbocycles. The third kappa shape index (κ3) is 2.06. The first-order valence-electron chi connectivity index (χ1n) is 5.48. The third-order valence-corrected chi connectivity index (χ3v) is 3.96. The van der Waals surface area contributed by atoms with Gasteiger partial charge in [0.05, 0.1) is 27.1 Å². The molecule has 0 aliphatic heterocycles. The summed E-state index contributed by atoms with van der Waals surface area (Å²) in [6.45, 7) is 5.64. The Labute approximate surface area is 113 Å². The zero-order chi connectivity index (χ0) is 13.4. The van der Waals surface area contributed by atoms with Gasteiger partial charge in [-0.3, -0.25) is 0 Å². The van der Waals surface area contributed by atoms with Crippen LogP contribution in [0, 0.1) is 20.8 Å². The standard InChI is InChI=1S/C13H13BrN2O2/c1-7-4-5-11(10(6-7)13(17)18)16-9(3)12(14)8(2)15-16/h4-6H,1-3H3,(H,17,18). The van der Waals surface area contributed by atoms with E-state index in [-0.39, 0.29) is 5.56 Å². The molecule has 94 valence electrons. The van der Waals surface area contributed by atoms with Gasteiger partial charge in [0.15, 0.2) is 0 Å². The van der Waals surface area contributed by atoms with Crippen molar-refractivity contribution in [1.82, 2.24) is 9.78 Å². The Bertz CT molecular complexity index is 632. The predicted octanol–water partition coefficient (Wildman–Crippen LogP) is 3.26. The van der Waals surface area contributed by atoms with Crippen LogP contribution in [0.3, 0.4) is 0 Å². The number of carbonyl (C=O) groups is 1. The monoisotopic (exact) mass is 308 g/mol. The Morgan fingerprint density at radius 1 is 1.33 bits per heavy atom. The van der Waals surface area contributed by atoms with E-state index in [2.05, 4.69) is 21.0 Å². The lowest BCUT2D eigenvalue weighted by Gasteiger charge is -2.09. The number of halogens is 1. The van der Waals surface area contributed by atoms with Crippen molar-refractivity contribution in [2.75, 3.05) is 0 Å². The average Bonchev–Trinajstić information content (AvgIpc) is 2.57. The lowest BCUT2D eigenvalue weighted by atomic mass is 10.1. The van der Waals surface area contributed by atoms with Crippen LogP contribution in [0.15, 0.2) is 22.7 Å². The number of hydrogen-bond donors (Lipinski definition) is 1. The van der Waals surface area contributed by atoms with Crippen molar-refractivity contribution in [3.8, 4) is 5.69 Å². The molecule has 4 nitrogen and oxygen atoms in total. The minimum atomic E-state index is -0.947. The van der Waals surface area contributed by atoms with Crippen LogP contribution in [0.5, 0.6) is 0 Å². The Hall–Kier alpha value is -1.62. The van der Waals surface area contributed by atoms with E-state index in [1.165, 1.54) is 0 Å². The second-order valence-corrected chi connectivity index (χ2v) is 5.02. The van der Waals surface area contributed by atoms with Crippen LogP contribution in [0.4, 0.5) is 0 Å². The molecule has 0 unspecified atom stereocenters. The van der Waals surface area contributed by atoms with Crippen LogP contribution in [0.25, 0.3) is 5.69 Å². The molecule has 0 spiro atoms. The topological polar surface area (TPSA) is 55.1 Å². The molecule has 0 bridgehead atoms. The summed E-state index contributed by atoms with van der Waals surface area (Å²) in [5, 5.41) is 13.6. The number of carboxylic acids is 1. The molecule has 0 radical (unpaired) electrons. The Balaban J connectivity index is 2.71. The van der Waals surface area contributed by atoms with Crippen LogP contribution >= 0.6 is 15.9 Å². The first-order chi connectivity index (χ1) is 8.41. The van der Waals surface area contributed by atoms with Gasteiger partial charge in [0.25, 0.3) is 0 Å². The molecule has 0 fully saturated rings. The van der Waals surface area contributed by atoms with Gasteiger partial charge in [-0.05, 0) is 48.8 Å². The molecule has 5 heteroatoms. The van der Waals surface area contributed by atoms with Crippen LogP contribution in [-0.4, -0.2) is 20.9 Å². The maximum atomic E-state index is 11.3. The summed E-state index contributed by atoms with van der Waals surface area (Å²) in [6, 6.07) is 5.32. The Morgan fingerprint density at radius 2 is 2.00 bits per heavy atom. The second-order valence-electron chi connectivity index (χ2n) is 4.22. The molecular weight excluding hydrogens is 296 g/mol. The molecule has 2 rings (SSSR count). The summed E-state index contributed by atoms with van der Waals surface area (Å²) in [5.74, 6) is -0.947. The highest BCUT2D eigenvalue weighted by atomic mass is 79.9. The van der Waals surface area contributed by atoms with Gasteiger partial charge in [0.1, 0.15) is 0 Å². The van der Waals surface area contributed by atoms with Gasteiger partial charge in [-0.2, -0.15) is 5.10 Å². The summed E-state index contributed by atoms with van der Waals surface area (Å²) < 4.78 is 2.56. The number of aromatic nitrogens is 2. The molecule has 1 heterocycles. The average molecular weight is 309 g/mol. The Morgan fingerprint density at radius 3 is 2.50 bits per heavy atom. The van der Waals surface area contributed by atoms with Gasteiger partial charge in [0.2, 0.25) is 0 Å². The van der Waals surface area contributed by atoms with E-state index in [0.29, 0.717) is 5.69 Å². The van der Waals surface area contributed by atoms with Gasteiger partial charge in [-0.25, -0.2) is 9.48 Å². The van der Waals surface area contributed by atoms with Crippen molar-refractivity contribution in [2.24, 2.45) is 0 Å². The minimum absolute atomic E-state index is 0.258. The first kappa shape index (κ1) is 12.8. The highest BCUT2D eigenvalue weighted by Crippen LogP contribution is 2.25. The number of aryl methyl sites for hydroxylation is 2. The van der Waals surface area contributed by atoms with E-state index in [1.54, 1.807) is 16.8 Å². The fourth-order valence-electron chi connectivity index (χ4n) is 1.86. The molecule has 0 amide bonds. The summed E-state index contributed by atoms with van der Waals surface area (Å²) in [5.41, 5.74) is 3.48. The largest absolute Gasteiger partial charge is 0.478 e. The number of nitrogens with zero attached hydrogens (tertiary/aromatic N) is 2. The highest BCUT2D eigenvalue weighted by Gasteiger charge is 2.16. The molecule has 1 aromatic carbocycles. The van der Waals surface area contributed by atoms with E-state index >= 15 is 0 Å². The normalized spacial score (nSPS) is 10.7. The second kappa shape index (κ2) is 4.57. The number of benzene rings is 1. The third-order valence-electron chi connectivity index (χ3n) is 2.81. The maximum Gasteiger partial charge on any atom is 0.337 e. The van der Waals surface area contributed by atoms with Crippen LogP contribution < -0.4 is 0 Å². The van der Waals surface area contributed by atoms with Crippen molar-refractivity contribution in [2.45, 2.75) is 20.8 Å². The van der Waals surface area contributed by atoms with Gasteiger partial charge >= 0.3 is 5.97 Å². The Kier molecular flexibility index (Phi) is 3.26. The lowest BCUT2D eigenvalue weighted by molar-refractivity contribution is 0.0696. The van der Waals surface area contributed by atoms with Crippen molar-refractivity contribution in [3.63, 3.8) is 0 Å². The van der Waals surface area contributed by atoms with Gasteiger partial charge in [-0.15, -0.1) is 0 Å². The summed E-state index contributed by atoms with van der Waals surface area (Å²) >= 11 is 3.44. The number of rotatable bonds is 2. The van der Waals surface area contributed by atoms with Crippen molar-refractivity contribution in [3.05, 3.63) is 45.2 Å². The van der Waals surface area contributed by atoms with Crippen LogP contribution in [0.1, 0.15) is 27.3 Å². The molecule has 2 aromatic rings. The van der Waals surface area contributed by atoms with E-state index < -0.39 is 5.97 Å². The zero-order valence-electron chi connectivity index (χ0n) is 10.4. The molecular formula is C13H13BrN2O2. The SMILES string of the molecule is Cc1ccc(-n2nc(C)c(Br)c2C)c(C(=O)O)c1. The molecule has 1 aromatic heterocycles. The smallest absolute Gasteiger partial charge is 0.337 e. The quantitative estimate of drug-likeness (QED) is 0.926. The number of aromatic carboxylic acids is 1. The van der Waals surface area contributed by atoms with E-state index in [9.17, 15) is 9.90 Å². The highest BCUT2D eigenvalue weighted by molar-refractivity contribution is 9.10. The zero-order valence-corrected chi connectivity index (χ0v) is 11.9. The lowest BCUT2D eigenvalue weighted by Crippen LogP contribution is -2.08. The maximum absolute atomic E-state index is 11.3. The summed E-state index contributed by atoms with van der Waals surface area (Å²) in [7, 11) is 0. The number of hydrogen-bond acceptors (Lipinski definition) is 2. The summed E-state index contributed by atoms with van der Waals surface area (Å²) in [6.07, 6.45) is 0. The molecule has 18 heavy (non-hydrogen) atoms. The van der Waals surface area contributed by atoms with Crippen molar-refractivity contribution in [1.29, 1.82) is 0 Å². The van der Waals surface area contributed by atoms with Crippen molar-refractivity contribution < 1.29 is 9.90 Å².